The Balaban J connectivity index is 1.66. The Labute approximate surface area is 139 Å². The number of benzene rings is 1. The first kappa shape index (κ1) is 15.9. The molecule has 2 aliphatic heterocycles. The van der Waals surface area contributed by atoms with Crippen molar-refractivity contribution >= 4 is 35.2 Å². The second-order valence-corrected chi connectivity index (χ2v) is 7.32. The van der Waals surface area contributed by atoms with Crippen LogP contribution in [0.4, 0.5) is 5.69 Å². The van der Waals surface area contributed by atoms with Crippen LogP contribution in [0, 0.1) is 0 Å². The fourth-order valence-electron chi connectivity index (χ4n) is 2.72. The van der Waals surface area contributed by atoms with E-state index in [1.54, 1.807) is 17.9 Å². The van der Waals surface area contributed by atoms with Crippen LogP contribution in [0.25, 0.3) is 0 Å². The summed E-state index contributed by atoms with van der Waals surface area (Å²) in [5, 5.41) is 5.38. The number of anilines is 1. The van der Waals surface area contributed by atoms with Crippen LogP contribution in [0.2, 0.25) is 0 Å². The predicted octanol–water partition coefficient (Wildman–Crippen LogP) is 1.23. The average molecular weight is 333 g/mol. The number of carbonyl (C=O) groups is 3. The Kier molecular flexibility index (Phi) is 4.30. The van der Waals surface area contributed by atoms with Crippen LogP contribution in [0.15, 0.2) is 29.2 Å². The molecule has 0 saturated carbocycles. The van der Waals surface area contributed by atoms with E-state index in [9.17, 15) is 14.4 Å². The Hall–Kier alpha value is -2.02. The number of likely N-dealkylation sites (tertiary alicyclic amines) is 1. The van der Waals surface area contributed by atoms with Crippen molar-refractivity contribution in [3.63, 3.8) is 0 Å². The largest absolute Gasteiger partial charge is 0.345 e. The quantitative estimate of drug-likeness (QED) is 0.816. The van der Waals surface area contributed by atoms with Crippen molar-refractivity contribution in [2.45, 2.75) is 29.4 Å². The smallest absolute Gasteiger partial charge is 0.250 e. The van der Waals surface area contributed by atoms with E-state index in [-0.39, 0.29) is 18.4 Å². The van der Waals surface area contributed by atoms with E-state index in [2.05, 4.69) is 10.6 Å². The standard InChI is InChI=1S/C16H19N3O3S/c1-16(14(21)17-10-13(20)19-8-4-5-9-19)15(22)18-11-6-2-3-7-12(11)23-16/h2-3,6-7H,4-5,8-10H2,1H3,(H,17,21)(H,18,22). The van der Waals surface area contributed by atoms with Gasteiger partial charge >= 0.3 is 0 Å². The van der Waals surface area contributed by atoms with E-state index in [0.29, 0.717) is 5.69 Å². The van der Waals surface area contributed by atoms with Gasteiger partial charge < -0.3 is 15.5 Å². The summed E-state index contributed by atoms with van der Waals surface area (Å²) in [5.74, 6) is -0.907. The molecule has 1 atom stereocenters. The van der Waals surface area contributed by atoms with Gasteiger partial charge in [0.1, 0.15) is 0 Å². The summed E-state index contributed by atoms with van der Waals surface area (Å²) in [5.41, 5.74) is 0.709. The van der Waals surface area contributed by atoms with Crippen molar-refractivity contribution in [1.82, 2.24) is 10.2 Å². The number of fused-ring (bicyclic) bond motifs is 1. The van der Waals surface area contributed by atoms with Crippen LogP contribution in [-0.2, 0) is 14.4 Å². The first-order valence-electron chi connectivity index (χ1n) is 7.66. The lowest BCUT2D eigenvalue weighted by molar-refractivity contribution is -0.134. The van der Waals surface area contributed by atoms with Gasteiger partial charge in [-0.2, -0.15) is 0 Å². The molecular weight excluding hydrogens is 314 g/mol. The lowest BCUT2D eigenvalue weighted by atomic mass is 10.1. The summed E-state index contributed by atoms with van der Waals surface area (Å²) >= 11 is 1.21. The molecule has 1 unspecified atom stereocenters. The second kappa shape index (κ2) is 6.23. The number of nitrogens with one attached hydrogen (secondary N) is 2. The molecule has 23 heavy (non-hydrogen) atoms. The third kappa shape index (κ3) is 3.06. The molecule has 1 aromatic carbocycles. The molecule has 0 aromatic heterocycles. The molecule has 3 rings (SSSR count). The van der Waals surface area contributed by atoms with Crippen molar-refractivity contribution in [2.75, 3.05) is 25.0 Å². The van der Waals surface area contributed by atoms with E-state index in [4.69, 9.17) is 0 Å². The van der Waals surface area contributed by atoms with Gasteiger partial charge in [-0.15, -0.1) is 0 Å². The van der Waals surface area contributed by atoms with E-state index in [1.165, 1.54) is 11.8 Å². The van der Waals surface area contributed by atoms with Crippen molar-refractivity contribution < 1.29 is 14.4 Å². The van der Waals surface area contributed by atoms with Crippen LogP contribution in [-0.4, -0.2) is 47.0 Å². The minimum Gasteiger partial charge on any atom is -0.345 e. The number of nitrogens with zero attached hydrogens (tertiary/aromatic N) is 1. The van der Waals surface area contributed by atoms with Crippen LogP contribution in [0.1, 0.15) is 19.8 Å². The summed E-state index contributed by atoms with van der Waals surface area (Å²) in [7, 11) is 0. The molecule has 2 aliphatic rings. The Morgan fingerprint density at radius 3 is 2.74 bits per heavy atom. The number of hydrogen-bond donors (Lipinski definition) is 2. The first-order valence-corrected chi connectivity index (χ1v) is 8.48. The van der Waals surface area contributed by atoms with Crippen molar-refractivity contribution in [3.05, 3.63) is 24.3 Å². The van der Waals surface area contributed by atoms with Gasteiger partial charge in [0.25, 0.3) is 0 Å². The van der Waals surface area contributed by atoms with Crippen LogP contribution in [0.5, 0.6) is 0 Å². The number of hydrogen-bond acceptors (Lipinski definition) is 4. The van der Waals surface area contributed by atoms with Gasteiger partial charge in [-0.25, -0.2) is 0 Å². The predicted molar refractivity (Wildman–Crippen MR) is 88.2 cm³/mol. The average Bonchev–Trinajstić information content (AvgIpc) is 3.08. The third-order valence-electron chi connectivity index (χ3n) is 4.17. The highest BCUT2D eigenvalue weighted by Crippen LogP contribution is 2.42. The molecule has 122 valence electrons. The maximum Gasteiger partial charge on any atom is 0.250 e. The summed E-state index contributed by atoms with van der Waals surface area (Å²) in [6.45, 7) is 3.01. The second-order valence-electron chi connectivity index (χ2n) is 5.86. The SMILES string of the molecule is CC1(C(=O)NCC(=O)N2CCCC2)Sc2ccccc2NC1=O. The maximum atomic E-state index is 12.5. The molecule has 3 amide bonds. The first-order chi connectivity index (χ1) is 11.0. The Bertz CT molecular complexity index is 658. The van der Waals surface area contributed by atoms with Gasteiger partial charge in [-0.1, -0.05) is 23.9 Å². The summed E-state index contributed by atoms with van der Waals surface area (Å²) in [4.78, 5) is 39.4. The summed E-state index contributed by atoms with van der Waals surface area (Å²) in [6, 6.07) is 7.35. The minimum absolute atomic E-state index is 0.0656. The van der Waals surface area contributed by atoms with Gasteiger partial charge in [0.15, 0.2) is 4.75 Å². The Morgan fingerprint density at radius 1 is 1.30 bits per heavy atom. The lowest BCUT2D eigenvalue weighted by Crippen LogP contribution is -2.53. The molecule has 0 aliphatic carbocycles. The molecule has 0 bridgehead atoms. The molecule has 6 nitrogen and oxygen atoms in total. The molecule has 2 heterocycles. The van der Waals surface area contributed by atoms with Crippen LogP contribution in [0.3, 0.4) is 0 Å². The van der Waals surface area contributed by atoms with E-state index >= 15 is 0 Å². The van der Waals surface area contributed by atoms with Crippen LogP contribution >= 0.6 is 11.8 Å². The highest BCUT2D eigenvalue weighted by molar-refractivity contribution is 8.02. The van der Waals surface area contributed by atoms with Gasteiger partial charge in [-0.05, 0) is 31.9 Å². The topological polar surface area (TPSA) is 78.5 Å². The van der Waals surface area contributed by atoms with Gasteiger partial charge in [-0.3, -0.25) is 14.4 Å². The van der Waals surface area contributed by atoms with Crippen molar-refractivity contribution in [2.24, 2.45) is 0 Å². The maximum absolute atomic E-state index is 12.5. The Morgan fingerprint density at radius 2 is 2.00 bits per heavy atom. The molecule has 0 radical (unpaired) electrons. The number of carbonyl (C=O) groups excluding carboxylic acids is 3. The molecule has 7 heteroatoms. The summed E-state index contributed by atoms with van der Waals surface area (Å²) in [6.07, 6.45) is 2.01. The number of para-hydroxylation sites is 1. The van der Waals surface area contributed by atoms with Crippen molar-refractivity contribution in [1.29, 1.82) is 0 Å². The number of amides is 3. The van der Waals surface area contributed by atoms with Crippen LogP contribution < -0.4 is 10.6 Å². The fourth-order valence-corrected chi connectivity index (χ4v) is 3.84. The monoisotopic (exact) mass is 333 g/mol. The molecule has 0 spiro atoms. The van der Waals surface area contributed by atoms with Gasteiger partial charge in [0, 0.05) is 18.0 Å². The fraction of sp³-hybridized carbons (Fsp3) is 0.438. The van der Waals surface area contributed by atoms with Gasteiger partial charge in [0.2, 0.25) is 17.7 Å². The number of rotatable bonds is 3. The zero-order valence-electron chi connectivity index (χ0n) is 12.9. The number of thioether (sulfide) groups is 1. The van der Waals surface area contributed by atoms with Crippen molar-refractivity contribution in [3.8, 4) is 0 Å². The highest BCUT2D eigenvalue weighted by atomic mass is 32.2. The summed E-state index contributed by atoms with van der Waals surface area (Å²) < 4.78 is -1.28. The molecular formula is C16H19N3O3S. The highest BCUT2D eigenvalue weighted by Gasteiger charge is 2.45. The zero-order chi connectivity index (χ0) is 16.4. The van der Waals surface area contributed by atoms with E-state index in [0.717, 1.165) is 30.8 Å². The van der Waals surface area contributed by atoms with E-state index in [1.807, 2.05) is 18.2 Å². The molecule has 2 N–H and O–H groups in total. The third-order valence-corrected chi connectivity index (χ3v) is 5.53. The normalized spacial score (nSPS) is 23.2. The molecule has 1 saturated heterocycles. The lowest BCUT2D eigenvalue weighted by Gasteiger charge is -2.31. The minimum atomic E-state index is -1.28. The van der Waals surface area contributed by atoms with Gasteiger partial charge in [0.05, 0.1) is 12.2 Å². The molecule has 1 aromatic rings. The van der Waals surface area contributed by atoms with E-state index < -0.39 is 10.7 Å². The molecule has 1 fully saturated rings. The zero-order valence-corrected chi connectivity index (χ0v) is 13.7.